The van der Waals surface area contributed by atoms with Gasteiger partial charge >= 0.3 is 6.03 Å². The Labute approximate surface area is 145 Å². The highest BCUT2D eigenvalue weighted by molar-refractivity contribution is 6.30. The molecule has 1 unspecified atom stereocenters. The van der Waals surface area contributed by atoms with Crippen LogP contribution in [0.4, 0.5) is 10.5 Å². The van der Waals surface area contributed by atoms with E-state index in [0.717, 1.165) is 11.1 Å². The number of benzene rings is 2. The molecule has 1 aliphatic heterocycles. The number of rotatable bonds is 2. The molecule has 3 amide bonds. The first-order chi connectivity index (χ1) is 11.6. The molecule has 1 heterocycles. The van der Waals surface area contributed by atoms with E-state index in [2.05, 4.69) is 10.6 Å². The number of anilines is 1. The molecule has 24 heavy (non-hydrogen) atoms. The van der Waals surface area contributed by atoms with E-state index in [1.807, 2.05) is 31.2 Å². The summed E-state index contributed by atoms with van der Waals surface area (Å²) in [6.45, 7) is 2.83. The van der Waals surface area contributed by atoms with Gasteiger partial charge in [-0.3, -0.25) is 4.79 Å². The molecular formula is C18H18ClN3O2. The molecule has 1 aliphatic rings. The van der Waals surface area contributed by atoms with Crippen molar-refractivity contribution < 1.29 is 9.59 Å². The minimum absolute atomic E-state index is 0.165. The summed E-state index contributed by atoms with van der Waals surface area (Å²) < 4.78 is 0. The van der Waals surface area contributed by atoms with E-state index in [0.29, 0.717) is 23.8 Å². The van der Waals surface area contributed by atoms with Crippen molar-refractivity contribution in [1.82, 2.24) is 10.2 Å². The molecule has 0 saturated carbocycles. The number of aryl methyl sites for hydroxylation is 1. The SMILES string of the molecule is Cc1ccccc1C1C(=O)NCCN1C(=O)Nc1ccc(Cl)cc1. The third kappa shape index (κ3) is 3.36. The van der Waals surface area contributed by atoms with Gasteiger partial charge in [0, 0.05) is 23.8 Å². The van der Waals surface area contributed by atoms with E-state index in [9.17, 15) is 9.59 Å². The molecule has 2 aromatic carbocycles. The van der Waals surface area contributed by atoms with Crippen molar-refractivity contribution in [2.24, 2.45) is 0 Å². The first kappa shape index (κ1) is 16.3. The van der Waals surface area contributed by atoms with Crippen LogP contribution in [0.15, 0.2) is 48.5 Å². The third-order valence-electron chi connectivity index (χ3n) is 4.05. The Balaban J connectivity index is 1.86. The van der Waals surface area contributed by atoms with E-state index >= 15 is 0 Å². The maximum absolute atomic E-state index is 12.7. The van der Waals surface area contributed by atoms with Gasteiger partial charge in [0.25, 0.3) is 0 Å². The first-order valence-electron chi connectivity index (χ1n) is 7.72. The van der Waals surface area contributed by atoms with Gasteiger partial charge in [0.2, 0.25) is 5.91 Å². The fourth-order valence-electron chi connectivity index (χ4n) is 2.82. The van der Waals surface area contributed by atoms with Crippen molar-refractivity contribution in [3.05, 3.63) is 64.7 Å². The molecule has 3 rings (SSSR count). The predicted octanol–water partition coefficient (Wildman–Crippen LogP) is 3.35. The highest BCUT2D eigenvalue weighted by Crippen LogP contribution is 2.27. The summed E-state index contributed by atoms with van der Waals surface area (Å²) in [5, 5.41) is 6.26. The van der Waals surface area contributed by atoms with Gasteiger partial charge in [0.15, 0.2) is 0 Å². The average molecular weight is 344 g/mol. The summed E-state index contributed by atoms with van der Waals surface area (Å²) in [4.78, 5) is 26.7. The number of halogens is 1. The summed E-state index contributed by atoms with van der Waals surface area (Å²) in [5.74, 6) is -0.165. The number of nitrogens with zero attached hydrogens (tertiary/aromatic N) is 1. The van der Waals surface area contributed by atoms with Gasteiger partial charge in [-0.15, -0.1) is 0 Å². The first-order valence-corrected chi connectivity index (χ1v) is 8.10. The Bertz CT molecular complexity index is 761. The van der Waals surface area contributed by atoms with Crippen LogP contribution in [0.5, 0.6) is 0 Å². The second kappa shape index (κ2) is 6.93. The zero-order valence-electron chi connectivity index (χ0n) is 13.3. The van der Waals surface area contributed by atoms with Crippen molar-refractivity contribution in [1.29, 1.82) is 0 Å². The Morgan fingerprint density at radius 3 is 2.62 bits per heavy atom. The standard InChI is InChI=1S/C18H18ClN3O2/c1-12-4-2-3-5-15(12)16-17(23)20-10-11-22(16)18(24)21-14-8-6-13(19)7-9-14/h2-9,16H,10-11H2,1H3,(H,20,23)(H,21,24). The number of piperazine rings is 1. The largest absolute Gasteiger partial charge is 0.352 e. The van der Waals surface area contributed by atoms with E-state index in [4.69, 9.17) is 11.6 Å². The van der Waals surface area contributed by atoms with E-state index in [-0.39, 0.29) is 11.9 Å². The van der Waals surface area contributed by atoms with Crippen molar-refractivity contribution in [2.75, 3.05) is 18.4 Å². The molecule has 0 aromatic heterocycles. The van der Waals surface area contributed by atoms with Crippen LogP contribution >= 0.6 is 11.6 Å². The summed E-state index contributed by atoms with van der Waals surface area (Å²) in [5.41, 5.74) is 2.45. The lowest BCUT2D eigenvalue weighted by Gasteiger charge is -2.35. The molecule has 124 valence electrons. The van der Waals surface area contributed by atoms with Gasteiger partial charge in [-0.1, -0.05) is 35.9 Å². The topological polar surface area (TPSA) is 61.4 Å². The Hall–Kier alpha value is -2.53. The summed E-state index contributed by atoms with van der Waals surface area (Å²) in [6, 6.07) is 13.5. The molecule has 2 N–H and O–H groups in total. The van der Waals surface area contributed by atoms with Crippen molar-refractivity contribution in [3.8, 4) is 0 Å². The molecule has 1 fully saturated rings. The van der Waals surface area contributed by atoms with Crippen LogP contribution in [0.3, 0.4) is 0 Å². The maximum atomic E-state index is 12.7. The van der Waals surface area contributed by atoms with Crippen molar-refractivity contribution >= 4 is 29.2 Å². The third-order valence-corrected chi connectivity index (χ3v) is 4.30. The number of hydrogen-bond donors (Lipinski definition) is 2. The zero-order chi connectivity index (χ0) is 17.1. The van der Waals surface area contributed by atoms with Gasteiger partial charge in [-0.05, 0) is 42.3 Å². The minimum atomic E-state index is -0.632. The number of carbonyl (C=O) groups excluding carboxylic acids is 2. The lowest BCUT2D eigenvalue weighted by atomic mass is 9.98. The smallest absolute Gasteiger partial charge is 0.322 e. The Morgan fingerprint density at radius 1 is 1.21 bits per heavy atom. The van der Waals surface area contributed by atoms with Crippen molar-refractivity contribution in [3.63, 3.8) is 0 Å². The molecule has 1 atom stereocenters. The molecule has 0 bridgehead atoms. The summed E-state index contributed by atoms with van der Waals surface area (Å²) in [7, 11) is 0. The van der Waals surface area contributed by atoms with Crippen LogP contribution in [0.2, 0.25) is 5.02 Å². The molecule has 0 radical (unpaired) electrons. The monoisotopic (exact) mass is 343 g/mol. The molecule has 6 heteroatoms. The second-order valence-corrected chi connectivity index (χ2v) is 6.12. The fraction of sp³-hybridized carbons (Fsp3) is 0.222. The highest BCUT2D eigenvalue weighted by Gasteiger charge is 2.35. The molecule has 0 aliphatic carbocycles. The normalized spacial score (nSPS) is 17.3. The maximum Gasteiger partial charge on any atom is 0.322 e. The number of nitrogens with one attached hydrogen (secondary N) is 2. The Morgan fingerprint density at radius 2 is 1.92 bits per heavy atom. The van der Waals surface area contributed by atoms with Crippen LogP contribution in [-0.4, -0.2) is 29.9 Å². The molecular weight excluding hydrogens is 326 g/mol. The number of urea groups is 1. The van der Waals surface area contributed by atoms with E-state index in [1.54, 1.807) is 29.2 Å². The van der Waals surface area contributed by atoms with Gasteiger partial charge in [0.1, 0.15) is 6.04 Å². The van der Waals surface area contributed by atoms with Crippen LogP contribution < -0.4 is 10.6 Å². The number of amides is 3. The molecule has 2 aromatic rings. The van der Waals surface area contributed by atoms with Crippen LogP contribution in [-0.2, 0) is 4.79 Å². The second-order valence-electron chi connectivity index (χ2n) is 5.68. The average Bonchev–Trinajstić information content (AvgIpc) is 2.57. The lowest BCUT2D eigenvalue weighted by molar-refractivity contribution is -0.127. The summed E-state index contributed by atoms with van der Waals surface area (Å²) in [6.07, 6.45) is 0. The minimum Gasteiger partial charge on any atom is -0.352 e. The highest BCUT2D eigenvalue weighted by atomic mass is 35.5. The molecule has 1 saturated heterocycles. The van der Waals surface area contributed by atoms with Gasteiger partial charge < -0.3 is 15.5 Å². The van der Waals surface area contributed by atoms with E-state index < -0.39 is 6.04 Å². The predicted molar refractivity (Wildman–Crippen MR) is 94.1 cm³/mol. The quantitative estimate of drug-likeness (QED) is 0.878. The van der Waals surface area contributed by atoms with Crippen LogP contribution in [0.25, 0.3) is 0 Å². The Kier molecular flexibility index (Phi) is 4.71. The fourth-order valence-corrected chi connectivity index (χ4v) is 2.94. The van der Waals surface area contributed by atoms with Crippen molar-refractivity contribution in [2.45, 2.75) is 13.0 Å². The van der Waals surface area contributed by atoms with Gasteiger partial charge in [-0.25, -0.2) is 4.79 Å². The number of carbonyl (C=O) groups is 2. The van der Waals surface area contributed by atoms with Gasteiger partial charge in [-0.2, -0.15) is 0 Å². The summed E-state index contributed by atoms with van der Waals surface area (Å²) >= 11 is 5.86. The molecule has 0 spiro atoms. The zero-order valence-corrected chi connectivity index (χ0v) is 14.0. The van der Waals surface area contributed by atoms with Gasteiger partial charge in [0.05, 0.1) is 0 Å². The lowest BCUT2D eigenvalue weighted by Crippen LogP contribution is -2.53. The number of hydrogen-bond acceptors (Lipinski definition) is 2. The molecule has 5 nitrogen and oxygen atoms in total. The van der Waals surface area contributed by atoms with E-state index in [1.165, 1.54) is 0 Å². The van der Waals surface area contributed by atoms with Crippen LogP contribution in [0.1, 0.15) is 17.2 Å². The van der Waals surface area contributed by atoms with Crippen LogP contribution in [0, 0.1) is 6.92 Å².